The quantitative estimate of drug-likeness (QED) is 0.472. The number of esters is 1. The molecule has 154 valence electrons. The van der Waals surface area contributed by atoms with E-state index in [0.717, 1.165) is 29.3 Å². The van der Waals surface area contributed by atoms with Crippen LogP contribution in [-0.2, 0) is 19.1 Å². The van der Waals surface area contributed by atoms with Crippen molar-refractivity contribution in [2.45, 2.75) is 0 Å². The minimum absolute atomic E-state index is 0.0474. The summed E-state index contributed by atoms with van der Waals surface area (Å²) in [5.74, 6) is -1.41. The Morgan fingerprint density at radius 2 is 1.63 bits per heavy atom. The number of anilines is 2. The van der Waals surface area contributed by atoms with Crippen molar-refractivity contribution in [3.05, 3.63) is 65.2 Å². The fourth-order valence-electron chi connectivity index (χ4n) is 3.37. The summed E-state index contributed by atoms with van der Waals surface area (Å²) < 4.78 is 10.0. The minimum Gasteiger partial charge on any atom is -0.465 e. The number of benzene rings is 2. The predicted octanol–water partition coefficient (Wildman–Crippen LogP) is 1.77. The Hall–Kier alpha value is -3.65. The Morgan fingerprint density at radius 1 is 1.00 bits per heavy atom. The SMILES string of the molecule is COC(=O)c1ccc(N2NC(=O)/C(=C\c3ccc(N4CCOCC4)cc3)C2=O)cc1. The number of carbonyl (C=O) groups is 3. The number of carbonyl (C=O) groups excluding carboxylic acids is 3. The fourth-order valence-corrected chi connectivity index (χ4v) is 3.37. The van der Waals surface area contributed by atoms with Gasteiger partial charge in [0, 0.05) is 18.8 Å². The van der Waals surface area contributed by atoms with Crippen LogP contribution in [0.1, 0.15) is 15.9 Å². The molecule has 0 spiro atoms. The van der Waals surface area contributed by atoms with E-state index in [2.05, 4.69) is 15.1 Å². The largest absolute Gasteiger partial charge is 0.465 e. The highest BCUT2D eigenvalue weighted by atomic mass is 16.5. The highest BCUT2D eigenvalue weighted by Crippen LogP contribution is 2.23. The molecule has 0 radical (unpaired) electrons. The summed E-state index contributed by atoms with van der Waals surface area (Å²) in [5, 5.41) is 1.16. The molecular formula is C22H21N3O5. The van der Waals surface area contributed by atoms with E-state index in [1.54, 1.807) is 18.2 Å². The van der Waals surface area contributed by atoms with Gasteiger partial charge < -0.3 is 14.4 Å². The first kappa shape index (κ1) is 19.7. The Kier molecular flexibility index (Phi) is 5.49. The molecule has 2 aliphatic heterocycles. The molecule has 2 aliphatic rings. The maximum atomic E-state index is 12.8. The molecule has 2 aromatic rings. The predicted molar refractivity (Wildman–Crippen MR) is 111 cm³/mol. The van der Waals surface area contributed by atoms with Crippen LogP contribution in [0.5, 0.6) is 0 Å². The van der Waals surface area contributed by atoms with Gasteiger partial charge in [0.2, 0.25) is 0 Å². The normalized spacial score (nSPS) is 18.0. The maximum Gasteiger partial charge on any atom is 0.337 e. The zero-order valence-electron chi connectivity index (χ0n) is 16.5. The lowest BCUT2D eigenvalue weighted by Crippen LogP contribution is -2.36. The average molecular weight is 407 g/mol. The number of methoxy groups -OCH3 is 1. The molecule has 0 aromatic heterocycles. The number of morpholine rings is 1. The van der Waals surface area contributed by atoms with E-state index in [9.17, 15) is 14.4 Å². The minimum atomic E-state index is -0.477. The van der Waals surface area contributed by atoms with Crippen LogP contribution in [0.3, 0.4) is 0 Å². The Labute approximate surface area is 173 Å². The maximum absolute atomic E-state index is 12.8. The third kappa shape index (κ3) is 3.90. The number of hydrogen-bond donors (Lipinski definition) is 1. The second kappa shape index (κ2) is 8.38. The molecule has 2 fully saturated rings. The van der Waals surface area contributed by atoms with Gasteiger partial charge in [0.25, 0.3) is 11.8 Å². The number of hydrogen-bond acceptors (Lipinski definition) is 6. The summed E-state index contributed by atoms with van der Waals surface area (Å²) in [5.41, 5.74) is 5.25. The molecule has 8 nitrogen and oxygen atoms in total. The third-order valence-corrected chi connectivity index (χ3v) is 5.02. The van der Waals surface area contributed by atoms with Gasteiger partial charge in [0.15, 0.2) is 0 Å². The van der Waals surface area contributed by atoms with Gasteiger partial charge in [0.05, 0.1) is 31.6 Å². The number of ether oxygens (including phenoxy) is 2. The van der Waals surface area contributed by atoms with Crippen molar-refractivity contribution in [1.29, 1.82) is 0 Å². The van der Waals surface area contributed by atoms with E-state index in [-0.39, 0.29) is 5.57 Å². The molecule has 2 saturated heterocycles. The summed E-state index contributed by atoms with van der Waals surface area (Å²) in [6, 6.07) is 13.9. The van der Waals surface area contributed by atoms with Crippen LogP contribution in [0.15, 0.2) is 54.1 Å². The lowest BCUT2D eigenvalue weighted by atomic mass is 10.1. The second-order valence-electron chi connectivity index (χ2n) is 6.87. The summed E-state index contributed by atoms with van der Waals surface area (Å²) in [4.78, 5) is 38.9. The summed E-state index contributed by atoms with van der Waals surface area (Å²) >= 11 is 0. The van der Waals surface area contributed by atoms with Crippen LogP contribution >= 0.6 is 0 Å². The van der Waals surface area contributed by atoms with E-state index in [1.165, 1.54) is 19.2 Å². The average Bonchev–Trinajstić information content (AvgIpc) is 3.08. The van der Waals surface area contributed by atoms with Gasteiger partial charge in [-0.3, -0.25) is 15.0 Å². The molecular weight excluding hydrogens is 386 g/mol. The van der Waals surface area contributed by atoms with Gasteiger partial charge in [-0.1, -0.05) is 12.1 Å². The van der Waals surface area contributed by atoms with Crippen molar-refractivity contribution in [2.24, 2.45) is 0 Å². The molecule has 1 N–H and O–H groups in total. The summed E-state index contributed by atoms with van der Waals surface area (Å²) in [6.45, 7) is 3.09. The molecule has 2 aromatic carbocycles. The van der Waals surface area contributed by atoms with Gasteiger partial charge in [-0.15, -0.1) is 0 Å². The molecule has 0 saturated carbocycles. The van der Waals surface area contributed by atoms with Crippen molar-refractivity contribution in [3.63, 3.8) is 0 Å². The van der Waals surface area contributed by atoms with Crippen molar-refractivity contribution in [1.82, 2.24) is 5.43 Å². The van der Waals surface area contributed by atoms with Crippen molar-refractivity contribution < 1.29 is 23.9 Å². The topological polar surface area (TPSA) is 88.2 Å². The molecule has 0 atom stereocenters. The van der Waals surface area contributed by atoms with Gasteiger partial charge in [-0.05, 0) is 48.0 Å². The Balaban J connectivity index is 1.51. The number of nitrogens with zero attached hydrogens (tertiary/aromatic N) is 2. The zero-order valence-corrected chi connectivity index (χ0v) is 16.5. The molecule has 0 aliphatic carbocycles. The first-order chi connectivity index (χ1) is 14.6. The number of amides is 2. The molecule has 0 bridgehead atoms. The monoisotopic (exact) mass is 407 g/mol. The van der Waals surface area contributed by atoms with E-state index in [0.29, 0.717) is 24.5 Å². The highest BCUT2D eigenvalue weighted by molar-refractivity contribution is 6.31. The summed E-state index contributed by atoms with van der Waals surface area (Å²) in [6.07, 6.45) is 1.57. The van der Waals surface area contributed by atoms with Crippen LogP contribution < -0.4 is 15.3 Å². The molecule has 0 unspecified atom stereocenters. The number of hydrazine groups is 1. The Morgan fingerprint density at radius 3 is 2.27 bits per heavy atom. The van der Waals surface area contributed by atoms with Crippen LogP contribution in [0.4, 0.5) is 11.4 Å². The van der Waals surface area contributed by atoms with Crippen molar-refractivity contribution in [2.75, 3.05) is 43.3 Å². The molecule has 30 heavy (non-hydrogen) atoms. The zero-order chi connectivity index (χ0) is 21.1. The second-order valence-corrected chi connectivity index (χ2v) is 6.87. The van der Waals surface area contributed by atoms with E-state index in [1.807, 2.05) is 24.3 Å². The van der Waals surface area contributed by atoms with E-state index >= 15 is 0 Å². The van der Waals surface area contributed by atoms with Crippen LogP contribution in [-0.4, -0.2) is 51.2 Å². The lowest BCUT2D eigenvalue weighted by Gasteiger charge is -2.28. The summed E-state index contributed by atoms with van der Waals surface area (Å²) in [7, 11) is 1.30. The van der Waals surface area contributed by atoms with Gasteiger partial charge in [-0.25, -0.2) is 9.80 Å². The van der Waals surface area contributed by atoms with Gasteiger partial charge in [0.1, 0.15) is 5.57 Å². The van der Waals surface area contributed by atoms with Crippen molar-refractivity contribution in [3.8, 4) is 0 Å². The van der Waals surface area contributed by atoms with Crippen LogP contribution in [0.2, 0.25) is 0 Å². The molecule has 4 rings (SSSR count). The van der Waals surface area contributed by atoms with E-state index in [4.69, 9.17) is 4.74 Å². The van der Waals surface area contributed by atoms with Gasteiger partial charge >= 0.3 is 5.97 Å². The lowest BCUT2D eigenvalue weighted by molar-refractivity contribution is -0.117. The molecule has 8 heteroatoms. The highest BCUT2D eigenvalue weighted by Gasteiger charge is 2.34. The van der Waals surface area contributed by atoms with Crippen LogP contribution in [0, 0.1) is 0 Å². The number of nitrogens with one attached hydrogen (secondary N) is 1. The van der Waals surface area contributed by atoms with Crippen LogP contribution in [0.25, 0.3) is 6.08 Å². The van der Waals surface area contributed by atoms with Crippen molar-refractivity contribution >= 4 is 35.2 Å². The Bertz CT molecular complexity index is 992. The first-order valence-electron chi connectivity index (χ1n) is 9.55. The smallest absolute Gasteiger partial charge is 0.337 e. The van der Waals surface area contributed by atoms with E-state index < -0.39 is 17.8 Å². The first-order valence-corrected chi connectivity index (χ1v) is 9.55. The third-order valence-electron chi connectivity index (χ3n) is 5.02. The molecule has 2 heterocycles. The fraction of sp³-hybridized carbons (Fsp3) is 0.227. The molecule has 2 amide bonds. The van der Waals surface area contributed by atoms with Gasteiger partial charge in [-0.2, -0.15) is 0 Å². The standard InChI is InChI=1S/C22H21N3O5/c1-29-22(28)16-4-8-18(9-5-16)25-21(27)19(20(26)23-25)14-15-2-6-17(7-3-15)24-10-12-30-13-11-24/h2-9,14H,10-13H2,1H3,(H,23,26)/b19-14+. The number of rotatable bonds is 4.